The lowest BCUT2D eigenvalue weighted by Crippen LogP contribution is -2.41. The van der Waals surface area contributed by atoms with E-state index in [4.69, 9.17) is 0 Å². The van der Waals surface area contributed by atoms with Crippen LogP contribution in [0.25, 0.3) is 0 Å². The molecule has 30 heavy (non-hydrogen) atoms. The fraction of sp³-hybridized carbons (Fsp3) is 0.409. The SMILES string of the molecule is CCNC(=NCc1cc(F)ccc1CS(C)(=O)=O)NCC1(c2cccc(F)c2)CC1. The van der Waals surface area contributed by atoms with Gasteiger partial charge in [0.2, 0.25) is 0 Å². The number of hydrogen-bond donors (Lipinski definition) is 2. The molecule has 1 saturated carbocycles. The van der Waals surface area contributed by atoms with Gasteiger partial charge in [0.15, 0.2) is 15.8 Å². The van der Waals surface area contributed by atoms with E-state index in [-0.39, 0.29) is 23.5 Å². The first-order valence-corrected chi connectivity index (χ1v) is 12.0. The van der Waals surface area contributed by atoms with Crippen molar-refractivity contribution in [2.24, 2.45) is 4.99 Å². The first-order chi connectivity index (χ1) is 14.2. The van der Waals surface area contributed by atoms with E-state index in [2.05, 4.69) is 15.6 Å². The van der Waals surface area contributed by atoms with Crippen molar-refractivity contribution in [3.05, 3.63) is 70.8 Å². The summed E-state index contributed by atoms with van der Waals surface area (Å²) in [6.45, 7) is 3.32. The molecular formula is C22H27F2N3O2S. The Morgan fingerprint density at radius 1 is 1.07 bits per heavy atom. The highest BCUT2D eigenvalue weighted by molar-refractivity contribution is 7.89. The Morgan fingerprint density at radius 2 is 1.80 bits per heavy atom. The molecule has 1 aliphatic carbocycles. The van der Waals surface area contributed by atoms with Gasteiger partial charge in [-0.05, 0) is 60.7 Å². The van der Waals surface area contributed by atoms with Gasteiger partial charge in [0.1, 0.15) is 11.6 Å². The molecule has 0 unspecified atom stereocenters. The van der Waals surface area contributed by atoms with Crippen LogP contribution in [0.4, 0.5) is 8.78 Å². The minimum Gasteiger partial charge on any atom is -0.357 e. The molecule has 0 heterocycles. The molecule has 0 saturated heterocycles. The van der Waals surface area contributed by atoms with Gasteiger partial charge < -0.3 is 10.6 Å². The van der Waals surface area contributed by atoms with Gasteiger partial charge in [-0.2, -0.15) is 0 Å². The Labute approximate surface area is 176 Å². The average Bonchev–Trinajstić information content (AvgIpc) is 3.46. The summed E-state index contributed by atoms with van der Waals surface area (Å²) < 4.78 is 50.7. The second-order valence-electron chi connectivity index (χ2n) is 7.82. The van der Waals surface area contributed by atoms with Gasteiger partial charge in [0.25, 0.3) is 0 Å². The van der Waals surface area contributed by atoms with E-state index in [0.29, 0.717) is 30.2 Å². The maximum atomic E-state index is 13.7. The Morgan fingerprint density at radius 3 is 2.43 bits per heavy atom. The summed E-state index contributed by atoms with van der Waals surface area (Å²) >= 11 is 0. The van der Waals surface area contributed by atoms with Gasteiger partial charge in [0, 0.05) is 24.8 Å². The van der Waals surface area contributed by atoms with Crippen LogP contribution in [0, 0.1) is 11.6 Å². The lowest BCUT2D eigenvalue weighted by Gasteiger charge is -2.19. The van der Waals surface area contributed by atoms with Crippen LogP contribution in [0.3, 0.4) is 0 Å². The van der Waals surface area contributed by atoms with Gasteiger partial charge in [-0.25, -0.2) is 22.2 Å². The zero-order valence-corrected chi connectivity index (χ0v) is 18.0. The molecule has 2 aromatic rings. The fourth-order valence-corrected chi connectivity index (χ4v) is 4.31. The van der Waals surface area contributed by atoms with Gasteiger partial charge in [-0.1, -0.05) is 18.2 Å². The van der Waals surface area contributed by atoms with Crippen LogP contribution in [0.15, 0.2) is 47.5 Å². The van der Waals surface area contributed by atoms with E-state index in [1.807, 2.05) is 13.0 Å². The highest BCUT2D eigenvalue weighted by atomic mass is 32.2. The van der Waals surface area contributed by atoms with Crippen molar-refractivity contribution in [1.82, 2.24) is 10.6 Å². The zero-order chi connectivity index (χ0) is 21.8. The second kappa shape index (κ2) is 9.12. The summed E-state index contributed by atoms with van der Waals surface area (Å²) in [5.74, 6) is -0.290. The third-order valence-electron chi connectivity index (χ3n) is 5.22. The van der Waals surface area contributed by atoms with Gasteiger partial charge in [0.05, 0.1) is 12.3 Å². The molecule has 5 nitrogen and oxygen atoms in total. The molecule has 162 valence electrons. The van der Waals surface area contributed by atoms with E-state index in [0.717, 1.165) is 24.7 Å². The number of sulfone groups is 1. The van der Waals surface area contributed by atoms with Crippen LogP contribution < -0.4 is 10.6 Å². The van der Waals surface area contributed by atoms with Crippen molar-refractivity contribution in [1.29, 1.82) is 0 Å². The molecule has 0 aliphatic heterocycles. The van der Waals surface area contributed by atoms with Crippen molar-refractivity contribution < 1.29 is 17.2 Å². The summed E-state index contributed by atoms with van der Waals surface area (Å²) in [6, 6.07) is 10.7. The highest BCUT2D eigenvalue weighted by Crippen LogP contribution is 2.47. The Bertz CT molecular complexity index is 1030. The molecule has 8 heteroatoms. The molecule has 3 rings (SSSR count). The number of aliphatic imine (C=N–C) groups is 1. The minimum atomic E-state index is -3.25. The first kappa shape index (κ1) is 22.2. The molecule has 2 aromatic carbocycles. The van der Waals surface area contributed by atoms with Crippen molar-refractivity contribution in [3.8, 4) is 0 Å². The van der Waals surface area contributed by atoms with Crippen LogP contribution in [-0.4, -0.2) is 33.7 Å². The highest BCUT2D eigenvalue weighted by Gasteiger charge is 2.44. The van der Waals surface area contributed by atoms with Crippen molar-refractivity contribution >= 4 is 15.8 Å². The summed E-state index contributed by atoms with van der Waals surface area (Å²) in [5.41, 5.74) is 1.92. The smallest absolute Gasteiger partial charge is 0.191 e. The standard InChI is InChI=1S/C22H27F2N3O2S/c1-3-25-21(27-15-22(9-10-22)18-5-4-6-19(23)12-18)26-13-17-11-20(24)8-7-16(17)14-30(2,28)29/h4-8,11-12H,3,9-10,13-15H2,1-2H3,(H2,25,26,27). The Kier molecular flexibility index (Phi) is 6.75. The van der Waals surface area contributed by atoms with E-state index in [1.165, 1.54) is 24.3 Å². The third-order valence-corrected chi connectivity index (χ3v) is 6.06. The number of guanidine groups is 1. The first-order valence-electron chi connectivity index (χ1n) is 9.94. The number of benzene rings is 2. The normalized spacial score (nSPS) is 15.7. The van der Waals surface area contributed by atoms with E-state index >= 15 is 0 Å². The van der Waals surface area contributed by atoms with E-state index < -0.39 is 15.7 Å². The Hall–Kier alpha value is -2.48. The monoisotopic (exact) mass is 435 g/mol. The number of nitrogens with one attached hydrogen (secondary N) is 2. The maximum absolute atomic E-state index is 13.7. The van der Waals surface area contributed by atoms with E-state index in [9.17, 15) is 17.2 Å². The summed E-state index contributed by atoms with van der Waals surface area (Å²) in [7, 11) is -3.25. The van der Waals surface area contributed by atoms with Crippen molar-refractivity contribution in [2.45, 2.75) is 37.5 Å². The number of hydrogen-bond acceptors (Lipinski definition) is 3. The zero-order valence-electron chi connectivity index (χ0n) is 17.2. The van der Waals surface area contributed by atoms with Gasteiger partial charge in [-0.3, -0.25) is 0 Å². The molecule has 2 N–H and O–H groups in total. The van der Waals surface area contributed by atoms with Gasteiger partial charge >= 0.3 is 0 Å². The predicted molar refractivity (Wildman–Crippen MR) is 115 cm³/mol. The lowest BCUT2D eigenvalue weighted by molar-refractivity contribution is 0.600. The molecule has 1 fully saturated rings. The van der Waals surface area contributed by atoms with E-state index in [1.54, 1.807) is 12.1 Å². The average molecular weight is 436 g/mol. The van der Waals surface area contributed by atoms with Crippen LogP contribution in [0.5, 0.6) is 0 Å². The van der Waals surface area contributed by atoms with Crippen molar-refractivity contribution in [3.63, 3.8) is 0 Å². The van der Waals surface area contributed by atoms with Crippen LogP contribution >= 0.6 is 0 Å². The number of nitrogens with zero attached hydrogens (tertiary/aromatic N) is 1. The molecule has 0 bridgehead atoms. The topological polar surface area (TPSA) is 70.6 Å². The van der Waals surface area contributed by atoms with Gasteiger partial charge in [-0.15, -0.1) is 0 Å². The third kappa shape index (κ3) is 6.01. The van der Waals surface area contributed by atoms with Crippen LogP contribution in [0.2, 0.25) is 0 Å². The summed E-state index contributed by atoms with van der Waals surface area (Å²) in [6.07, 6.45) is 3.08. The quantitative estimate of drug-likeness (QED) is 0.493. The molecule has 0 aromatic heterocycles. The Balaban J connectivity index is 1.73. The number of rotatable bonds is 8. The largest absolute Gasteiger partial charge is 0.357 e. The lowest BCUT2D eigenvalue weighted by atomic mass is 9.96. The second-order valence-corrected chi connectivity index (χ2v) is 9.96. The summed E-state index contributed by atoms with van der Waals surface area (Å²) in [4.78, 5) is 4.52. The summed E-state index contributed by atoms with van der Waals surface area (Å²) in [5, 5.41) is 6.45. The molecule has 0 atom stereocenters. The predicted octanol–water partition coefficient (Wildman–Crippen LogP) is 3.30. The molecular weight excluding hydrogens is 408 g/mol. The molecule has 0 spiro atoms. The molecule has 0 amide bonds. The van der Waals surface area contributed by atoms with Crippen LogP contribution in [-0.2, 0) is 27.5 Å². The maximum Gasteiger partial charge on any atom is 0.191 e. The molecule has 1 aliphatic rings. The van der Waals surface area contributed by atoms with Crippen LogP contribution in [0.1, 0.15) is 36.5 Å². The minimum absolute atomic E-state index is 0.113. The van der Waals surface area contributed by atoms with Crippen molar-refractivity contribution in [2.75, 3.05) is 19.3 Å². The number of halogens is 2. The molecule has 0 radical (unpaired) electrons. The fourth-order valence-electron chi connectivity index (χ4n) is 3.46.